The molecule has 7 nitrogen and oxygen atoms in total. The number of nitrogens with one attached hydrogen (secondary N) is 2. The van der Waals surface area contributed by atoms with Crippen molar-refractivity contribution < 1.29 is 26.3 Å². The monoisotopic (exact) mass is 556 g/mol. The third-order valence-electron chi connectivity index (χ3n) is 5.17. The smallest absolute Gasteiger partial charge is 0.378 e. The van der Waals surface area contributed by atoms with Gasteiger partial charge in [-0.05, 0) is 32.1 Å². The van der Waals surface area contributed by atoms with Gasteiger partial charge in [-0.2, -0.15) is 17.5 Å². The van der Waals surface area contributed by atoms with Crippen LogP contribution in [0.4, 0.5) is 13.2 Å². The Morgan fingerprint density at radius 1 is 1.14 bits per heavy atom. The Morgan fingerprint density at radius 2 is 1.76 bits per heavy atom. The standard InChI is InChI=1S/C17H31F3N4O3S.HI/c1-21-16(22-10-5-13-27-15-6-3-2-4-7-15)23-14-8-11-24(12-9-14)28(25,26)17(18,19)20;/h14-15H,2-13H2,1H3,(H2,21,22,23);1H. The maximum atomic E-state index is 12.6. The number of sulfonamides is 1. The van der Waals surface area contributed by atoms with E-state index in [0.29, 0.717) is 42.4 Å². The van der Waals surface area contributed by atoms with Crippen LogP contribution in [0, 0.1) is 0 Å². The van der Waals surface area contributed by atoms with E-state index in [1.807, 2.05) is 0 Å². The highest BCUT2D eigenvalue weighted by Gasteiger charge is 2.50. The molecule has 1 saturated carbocycles. The lowest BCUT2D eigenvalue weighted by atomic mass is 9.98. The summed E-state index contributed by atoms with van der Waals surface area (Å²) in [6.07, 6.45) is 7.85. The molecule has 2 aliphatic rings. The van der Waals surface area contributed by atoms with E-state index in [0.717, 1.165) is 19.3 Å². The summed E-state index contributed by atoms with van der Waals surface area (Å²) in [5, 5.41) is 6.32. The maximum Gasteiger partial charge on any atom is 0.511 e. The first kappa shape index (κ1) is 26.7. The molecule has 0 aromatic heterocycles. The second-order valence-corrected chi connectivity index (χ2v) is 9.18. The molecule has 0 amide bonds. The molecule has 29 heavy (non-hydrogen) atoms. The molecule has 2 fully saturated rings. The third kappa shape index (κ3) is 8.37. The first-order chi connectivity index (χ1) is 13.2. The number of piperidine rings is 1. The van der Waals surface area contributed by atoms with Crippen molar-refractivity contribution in [2.75, 3.05) is 33.3 Å². The number of halogens is 4. The lowest BCUT2D eigenvalue weighted by Gasteiger charge is -2.32. The van der Waals surface area contributed by atoms with Crippen LogP contribution in [0.15, 0.2) is 4.99 Å². The molecular weight excluding hydrogens is 524 g/mol. The predicted molar refractivity (Wildman–Crippen MR) is 117 cm³/mol. The van der Waals surface area contributed by atoms with Crippen LogP contribution in [-0.2, 0) is 14.8 Å². The molecule has 0 bridgehead atoms. The van der Waals surface area contributed by atoms with Gasteiger partial charge in [-0.1, -0.05) is 19.3 Å². The first-order valence-electron chi connectivity index (χ1n) is 9.89. The van der Waals surface area contributed by atoms with Crippen LogP contribution in [0.3, 0.4) is 0 Å². The van der Waals surface area contributed by atoms with Crippen molar-refractivity contribution in [3.8, 4) is 0 Å². The van der Waals surface area contributed by atoms with Gasteiger partial charge in [0.05, 0.1) is 6.10 Å². The molecule has 0 atom stereocenters. The van der Waals surface area contributed by atoms with Gasteiger partial charge in [0.2, 0.25) is 0 Å². The van der Waals surface area contributed by atoms with Gasteiger partial charge in [-0.3, -0.25) is 4.99 Å². The summed E-state index contributed by atoms with van der Waals surface area (Å²) in [6.45, 7) is 1.04. The van der Waals surface area contributed by atoms with E-state index in [1.165, 1.54) is 19.3 Å². The number of aliphatic imine (C=N–C) groups is 1. The van der Waals surface area contributed by atoms with Gasteiger partial charge >= 0.3 is 15.5 Å². The highest BCUT2D eigenvalue weighted by Crippen LogP contribution is 2.28. The third-order valence-corrected chi connectivity index (χ3v) is 6.80. The van der Waals surface area contributed by atoms with E-state index < -0.39 is 15.5 Å². The summed E-state index contributed by atoms with van der Waals surface area (Å²) in [5.74, 6) is 0.565. The van der Waals surface area contributed by atoms with Crippen molar-refractivity contribution in [2.45, 2.75) is 69.0 Å². The second-order valence-electron chi connectivity index (χ2n) is 7.25. The van der Waals surface area contributed by atoms with Crippen molar-refractivity contribution in [2.24, 2.45) is 4.99 Å². The Bertz CT molecular complexity index is 606. The number of hydrogen-bond donors (Lipinski definition) is 2. The molecule has 2 rings (SSSR count). The zero-order valence-electron chi connectivity index (χ0n) is 16.7. The van der Waals surface area contributed by atoms with Crippen molar-refractivity contribution in [1.82, 2.24) is 14.9 Å². The minimum Gasteiger partial charge on any atom is -0.378 e. The summed E-state index contributed by atoms with van der Waals surface area (Å²) in [7, 11) is -3.62. The number of guanidine groups is 1. The number of alkyl halides is 3. The maximum absolute atomic E-state index is 12.6. The molecular formula is C17H32F3IN4O3S. The van der Waals surface area contributed by atoms with Crippen molar-refractivity contribution in [1.29, 1.82) is 0 Å². The molecule has 0 radical (unpaired) electrons. The van der Waals surface area contributed by atoms with Gasteiger partial charge in [0, 0.05) is 39.3 Å². The Labute approximate surface area is 188 Å². The molecule has 172 valence electrons. The summed E-state index contributed by atoms with van der Waals surface area (Å²) >= 11 is 0. The Hall–Kier alpha value is -0.340. The number of hydrogen-bond acceptors (Lipinski definition) is 4. The number of rotatable bonds is 7. The summed E-state index contributed by atoms with van der Waals surface area (Å²) in [6, 6.07) is -0.121. The molecule has 1 aliphatic heterocycles. The number of ether oxygens (including phenoxy) is 1. The van der Waals surface area contributed by atoms with E-state index in [9.17, 15) is 21.6 Å². The fourth-order valence-electron chi connectivity index (χ4n) is 3.54. The van der Waals surface area contributed by atoms with Crippen molar-refractivity contribution in [3.63, 3.8) is 0 Å². The molecule has 1 aliphatic carbocycles. The van der Waals surface area contributed by atoms with E-state index in [-0.39, 0.29) is 43.1 Å². The van der Waals surface area contributed by atoms with Gasteiger partial charge in [-0.25, -0.2) is 8.42 Å². The minimum atomic E-state index is -5.25. The largest absolute Gasteiger partial charge is 0.511 e. The lowest BCUT2D eigenvalue weighted by molar-refractivity contribution is -0.0494. The van der Waals surface area contributed by atoms with Crippen molar-refractivity contribution >= 4 is 40.0 Å². The Morgan fingerprint density at radius 3 is 2.31 bits per heavy atom. The molecule has 1 saturated heterocycles. The van der Waals surface area contributed by atoms with Crippen LogP contribution >= 0.6 is 24.0 Å². The predicted octanol–water partition coefficient (Wildman–Crippen LogP) is 2.82. The summed E-state index contributed by atoms with van der Waals surface area (Å²) in [4.78, 5) is 4.12. The van der Waals surface area contributed by atoms with Crippen LogP contribution in [0.5, 0.6) is 0 Å². The molecule has 2 N–H and O–H groups in total. The average Bonchev–Trinajstić information content (AvgIpc) is 2.67. The van der Waals surface area contributed by atoms with Crippen LogP contribution < -0.4 is 10.6 Å². The quantitative estimate of drug-likeness (QED) is 0.218. The van der Waals surface area contributed by atoms with E-state index in [4.69, 9.17) is 4.74 Å². The Kier molecular flexibility index (Phi) is 11.5. The fourth-order valence-corrected chi connectivity index (χ4v) is 4.52. The molecule has 0 unspecified atom stereocenters. The van der Waals surface area contributed by atoms with E-state index >= 15 is 0 Å². The fraction of sp³-hybridized carbons (Fsp3) is 0.941. The molecule has 1 heterocycles. The first-order valence-corrected chi connectivity index (χ1v) is 11.3. The van der Waals surface area contributed by atoms with Crippen LogP contribution in [0.2, 0.25) is 0 Å². The average molecular weight is 556 g/mol. The van der Waals surface area contributed by atoms with E-state index in [1.54, 1.807) is 7.05 Å². The summed E-state index contributed by atoms with van der Waals surface area (Å²) in [5.41, 5.74) is -5.25. The highest BCUT2D eigenvalue weighted by molar-refractivity contribution is 14.0. The van der Waals surface area contributed by atoms with Crippen LogP contribution in [0.25, 0.3) is 0 Å². The second kappa shape index (κ2) is 12.5. The molecule has 0 spiro atoms. The Balaban J connectivity index is 0.00000420. The normalized spacial score (nSPS) is 20.9. The molecule has 0 aromatic rings. The number of nitrogens with zero attached hydrogens (tertiary/aromatic N) is 2. The van der Waals surface area contributed by atoms with Gasteiger partial charge in [0.1, 0.15) is 0 Å². The van der Waals surface area contributed by atoms with Crippen molar-refractivity contribution in [3.05, 3.63) is 0 Å². The van der Waals surface area contributed by atoms with Gasteiger partial charge < -0.3 is 15.4 Å². The minimum absolute atomic E-state index is 0. The summed E-state index contributed by atoms with van der Waals surface area (Å²) < 4.78 is 67.1. The lowest BCUT2D eigenvalue weighted by Crippen LogP contribution is -2.51. The highest BCUT2D eigenvalue weighted by atomic mass is 127. The van der Waals surface area contributed by atoms with E-state index in [2.05, 4.69) is 15.6 Å². The van der Waals surface area contributed by atoms with Crippen LogP contribution in [0.1, 0.15) is 51.4 Å². The zero-order valence-corrected chi connectivity index (χ0v) is 19.9. The SMILES string of the molecule is CN=C(NCCCOC1CCCCC1)NC1CCN(S(=O)(=O)C(F)(F)F)CC1.I. The van der Waals surface area contributed by atoms with Gasteiger partial charge in [0.25, 0.3) is 0 Å². The van der Waals surface area contributed by atoms with Crippen LogP contribution in [-0.4, -0.2) is 69.6 Å². The van der Waals surface area contributed by atoms with Gasteiger partial charge in [-0.15, -0.1) is 24.0 Å². The zero-order chi connectivity index (χ0) is 20.6. The topological polar surface area (TPSA) is 83.0 Å². The molecule has 0 aromatic carbocycles. The molecule has 12 heteroatoms. The van der Waals surface area contributed by atoms with Gasteiger partial charge in [0.15, 0.2) is 5.96 Å².